The molecule has 3 rings (SSSR count). The normalized spacial score (nSPS) is 11.0. The van der Waals surface area contributed by atoms with E-state index in [9.17, 15) is 19.6 Å². The summed E-state index contributed by atoms with van der Waals surface area (Å²) in [6.45, 7) is 5.41. The number of benzene rings is 2. The fraction of sp³-hybridized carbons (Fsp3) is 0.267. The van der Waals surface area contributed by atoms with Crippen molar-refractivity contribution in [2.24, 2.45) is 0 Å². The molecule has 0 atom stereocenters. The number of esters is 2. The molecule has 0 spiro atoms. The van der Waals surface area contributed by atoms with Crippen LogP contribution in [0.1, 0.15) is 55.4 Å². The number of hydrogen-bond donors (Lipinski definition) is 0. The van der Waals surface area contributed by atoms with E-state index in [1.165, 1.54) is 13.2 Å². The Morgan fingerprint density at radius 2 is 1.68 bits per heavy atom. The van der Waals surface area contributed by atoms with Crippen molar-refractivity contribution in [3.63, 3.8) is 0 Å². The van der Waals surface area contributed by atoms with Crippen molar-refractivity contribution < 1.29 is 33.3 Å². The number of allylic oxidation sites excluding steroid dienone is 1. The average Bonchev–Trinajstić information content (AvgIpc) is 3.28. The summed E-state index contributed by atoms with van der Waals surface area (Å²) in [5, 5.41) is 10.6. The van der Waals surface area contributed by atoms with Gasteiger partial charge in [-0.1, -0.05) is 35.3 Å². The molecule has 2 aromatic carbocycles. The molecule has 0 fully saturated rings. The van der Waals surface area contributed by atoms with Gasteiger partial charge in [0.05, 0.1) is 41.5 Å². The molecule has 1 heterocycles. The average molecular weight is 617 g/mol. The summed E-state index contributed by atoms with van der Waals surface area (Å²) in [5.74, 6) is -0.943. The largest absolute Gasteiger partial charge is 0.493 e. The molecule has 3 aromatic rings. The van der Waals surface area contributed by atoms with Crippen molar-refractivity contribution in [3.05, 3.63) is 84.0 Å². The summed E-state index contributed by atoms with van der Waals surface area (Å²) < 4.78 is 21.6. The maximum absolute atomic E-state index is 13.2. The molecule has 214 valence electrons. The zero-order valence-corrected chi connectivity index (χ0v) is 25.2. The fourth-order valence-corrected chi connectivity index (χ4v) is 5.33. The highest BCUT2D eigenvalue weighted by atomic mass is 35.5. The predicted octanol–water partition coefficient (Wildman–Crippen LogP) is 7.02. The first kappa shape index (κ1) is 31.7. The van der Waals surface area contributed by atoms with Gasteiger partial charge in [-0.05, 0) is 67.8 Å². The maximum Gasteiger partial charge on any atom is 0.348 e. The number of methoxy groups -OCH3 is 1. The highest BCUT2D eigenvalue weighted by Crippen LogP contribution is 2.33. The van der Waals surface area contributed by atoms with Gasteiger partial charge in [-0.3, -0.25) is 4.79 Å². The number of ketones is 1. The first-order valence-corrected chi connectivity index (χ1v) is 14.1. The van der Waals surface area contributed by atoms with Gasteiger partial charge >= 0.3 is 11.9 Å². The van der Waals surface area contributed by atoms with E-state index in [1.54, 1.807) is 57.2 Å². The molecule has 0 aliphatic heterocycles. The Balaban J connectivity index is 1.85. The lowest BCUT2D eigenvalue weighted by Gasteiger charge is -2.12. The van der Waals surface area contributed by atoms with Gasteiger partial charge in [0.15, 0.2) is 17.3 Å². The van der Waals surface area contributed by atoms with Crippen molar-refractivity contribution in [3.8, 4) is 17.6 Å². The van der Waals surface area contributed by atoms with Crippen LogP contribution in [0.5, 0.6) is 11.5 Å². The molecular formula is C30H27Cl2NO7S. The third-order valence-electron chi connectivity index (χ3n) is 5.78. The molecule has 1 aromatic heterocycles. The number of rotatable bonds is 12. The number of carbonyl (C=O) groups excluding carboxylic acids is 3. The monoisotopic (exact) mass is 615 g/mol. The maximum atomic E-state index is 13.2. The summed E-state index contributed by atoms with van der Waals surface area (Å²) in [6, 6.07) is 12.1. The van der Waals surface area contributed by atoms with Gasteiger partial charge in [0.25, 0.3) is 0 Å². The van der Waals surface area contributed by atoms with Crippen LogP contribution in [0.15, 0.2) is 42.0 Å². The Bertz CT molecular complexity index is 1540. The van der Waals surface area contributed by atoms with E-state index in [4.69, 9.17) is 42.1 Å². The zero-order valence-electron chi connectivity index (χ0n) is 22.8. The molecule has 0 saturated heterocycles. The van der Waals surface area contributed by atoms with Gasteiger partial charge in [0.2, 0.25) is 0 Å². The molecule has 41 heavy (non-hydrogen) atoms. The summed E-state index contributed by atoms with van der Waals surface area (Å²) in [6.07, 6.45) is 1.14. The Kier molecular flexibility index (Phi) is 11.4. The lowest BCUT2D eigenvalue weighted by Crippen LogP contribution is -2.12. The number of thiophene rings is 1. The highest BCUT2D eigenvalue weighted by Gasteiger charge is 2.28. The van der Waals surface area contributed by atoms with Crippen LogP contribution in [-0.4, -0.2) is 38.0 Å². The van der Waals surface area contributed by atoms with Gasteiger partial charge in [-0.15, -0.1) is 11.3 Å². The number of carbonyl (C=O) groups is 3. The summed E-state index contributed by atoms with van der Waals surface area (Å²) in [4.78, 5) is 38.8. The quantitative estimate of drug-likeness (QED) is 0.121. The van der Waals surface area contributed by atoms with Crippen LogP contribution in [0.25, 0.3) is 6.08 Å². The Labute approximate surface area is 252 Å². The molecule has 0 unspecified atom stereocenters. The van der Waals surface area contributed by atoms with Gasteiger partial charge < -0.3 is 18.9 Å². The Hall–Kier alpha value is -3.84. The van der Waals surface area contributed by atoms with Crippen LogP contribution in [0.4, 0.5) is 0 Å². The van der Waals surface area contributed by atoms with Crippen molar-refractivity contribution in [1.29, 1.82) is 5.26 Å². The van der Waals surface area contributed by atoms with Crippen LogP contribution < -0.4 is 9.47 Å². The van der Waals surface area contributed by atoms with Crippen molar-refractivity contribution in [2.45, 2.75) is 33.8 Å². The minimum absolute atomic E-state index is 0.120. The second kappa shape index (κ2) is 14.7. The topological polar surface area (TPSA) is 112 Å². The smallest absolute Gasteiger partial charge is 0.348 e. The molecule has 8 nitrogen and oxygen atoms in total. The minimum Gasteiger partial charge on any atom is -0.493 e. The number of hydrogen-bond acceptors (Lipinski definition) is 9. The third kappa shape index (κ3) is 7.88. The minimum atomic E-state index is -0.650. The number of nitriles is 1. The molecule has 0 bridgehead atoms. The number of halogens is 2. The second-order valence-corrected chi connectivity index (χ2v) is 10.4. The van der Waals surface area contributed by atoms with Crippen LogP contribution >= 0.6 is 34.5 Å². The highest BCUT2D eigenvalue weighted by molar-refractivity contribution is 7.14. The number of nitrogens with zero attached hydrogens (tertiary/aromatic N) is 1. The number of Topliss-reactive ketones (excluding diaryl/α,β-unsaturated/α-hetero) is 1. The SMILES string of the molecule is CCOC(=O)c1sc(CC(=O)C(C#N)=Cc2ccc(OCc3ccc(Cl)c(Cl)c3)c(OC)c2)c(C(=O)OCC)c1C. The zero-order chi connectivity index (χ0) is 30.1. The van der Waals surface area contributed by atoms with Crippen LogP contribution in [0.3, 0.4) is 0 Å². The van der Waals surface area contributed by atoms with E-state index >= 15 is 0 Å². The van der Waals surface area contributed by atoms with E-state index in [0.717, 1.165) is 16.9 Å². The lowest BCUT2D eigenvalue weighted by atomic mass is 10.0. The first-order chi connectivity index (χ1) is 19.6. The lowest BCUT2D eigenvalue weighted by molar-refractivity contribution is -0.114. The molecule has 0 radical (unpaired) electrons. The molecule has 0 amide bonds. The van der Waals surface area contributed by atoms with E-state index in [0.29, 0.717) is 37.5 Å². The molecule has 0 aliphatic rings. The molecule has 0 N–H and O–H groups in total. The van der Waals surface area contributed by atoms with Crippen LogP contribution in [-0.2, 0) is 27.3 Å². The summed E-state index contributed by atoms with van der Waals surface area (Å²) in [5.41, 5.74) is 1.69. The first-order valence-electron chi connectivity index (χ1n) is 12.5. The molecular weight excluding hydrogens is 589 g/mol. The molecule has 0 saturated carbocycles. The van der Waals surface area contributed by atoms with Gasteiger partial charge in [0, 0.05) is 11.3 Å². The fourth-order valence-electron chi connectivity index (χ4n) is 3.83. The van der Waals surface area contributed by atoms with E-state index < -0.39 is 17.7 Å². The third-order valence-corrected chi connectivity index (χ3v) is 7.79. The van der Waals surface area contributed by atoms with Gasteiger partial charge in [-0.25, -0.2) is 9.59 Å². The standard InChI is InChI=1S/C30H27Cl2NO7S/c1-5-38-29(35)27-17(3)28(30(36)39-6-2)41-26(27)14-23(34)20(15-33)11-18-8-10-24(25(13-18)37-4)40-16-19-7-9-21(31)22(32)12-19/h7-13H,5-6,14,16H2,1-4H3. The van der Waals surface area contributed by atoms with Crippen molar-refractivity contribution in [2.75, 3.05) is 20.3 Å². The Morgan fingerprint density at radius 3 is 2.32 bits per heavy atom. The van der Waals surface area contributed by atoms with Crippen molar-refractivity contribution >= 4 is 58.3 Å². The van der Waals surface area contributed by atoms with Gasteiger partial charge in [0.1, 0.15) is 17.6 Å². The van der Waals surface area contributed by atoms with E-state index in [1.807, 2.05) is 6.07 Å². The van der Waals surface area contributed by atoms with Crippen LogP contribution in [0, 0.1) is 18.3 Å². The van der Waals surface area contributed by atoms with E-state index in [2.05, 4.69) is 0 Å². The van der Waals surface area contributed by atoms with E-state index in [-0.39, 0.29) is 42.3 Å². The van der Waals surface area contributed by atoms with Crippen LogP contribution in [0.2, 0.25) is 10.0 Å². The Morgan fingerprint density at radius 1 is 0.976 bits per heavy atom. The van der Waals surface area contributed by atoms with Gasteiger partial charge in [-0.2, -0.15) is 5.26 Å². The second-order valence-electron chi connectivity index (χ2n) is 8.51. The number of ether oxygens (including phenoxy) is 4. The summed E-state index contributed by atoms with van der Waals surface area (Å²) in [7, 11) is 1.47. The summed E-state index contributed by atoms with van der Waals surface area (Å²) >= 11 is 13.0. The molecule has 11 heteroatoms. The molecule has 0 aliphatic carbocycles. The predicted molar refractivity (Wildman–Crippen MR) is 157 cm³/mol. The van der Waals surface area contributed by atoms with Crippen molar-refractivity contribution in [1.82, 2.24) is 0 Å².